The number of carboxylic acid groups (broad SMARTS) is 1. The summed E-state index contributed by atoms with van der Waals surface area (Å²) in [5, 5.41) is 15.8. The monoisotopic (exact) mass is 437 g/mol. The molecular weight excluding hydrogens is 410 g/mol. The van der Waals surface area contributed by atoms with Gasteiger partial charge in [-0.05, 0) is 25.4 Å². The molecule has 4 amide bonds. The van der Waals surface area contributed by atoms with E-state index in [9.17, 15) is 24.0 Å². The zero-order valence-electron chi connectivity index (χ0n) is 15.6. The first-order chi connectivity index (χ1) is 13.0. The van der Waals surface area contributed by atoms with E-state index in [-0.39, 0.29) is 5.75 Å². The highest BCUT2D eigenvalue weighted by atomic mass is 32.2. The number of carbonyl (C=O) groups is 5. The predicted octanol–water partition coefficient (Wildman–Crippen LogP) is -2.57. The number of amides is 4. The van der Waals surface area contributed by atoms with Crippen molar-refractivity contribution in [2.45, 2.75) is 43.9 Å². The lowest BCUT2D eigenvalue weighted by Crippen LogP contribution is -2.57. The molecule has 0 aromatic heterocycles. The van der Waals surface area contributed by atoms with Crippen LogP contribution in [0.5, 0.6) is 0 Å². The zero-order chi connectivity index (χ0) is 21.9. The lowest BCUT2D eigenvalue weighted by Gasteiger charge is -2.22. The van der Waals surface area contributed by atoms with Crippen LogP contribution in [0.25, 0.3) is 0 Å². The molecule has 0 aliphatic heterocycles. The number of carboxylic acids is 1. The molecular formula is C15H27N5O6S2. The van der Waals surface area contributed by atoms with Gasteiger partial charge >= 0.3 is 5.97 Å². The van der Waals surface area contributed by atoms with Crippen LogP contribution in [0, 0.1) is 0 Å². The zero-order valence-corrected chi connectivity index (χ0v) is 17.3. The molecule has 0 rings (SSSR count). The van der Waals surface area contributed by atoms with E-state index in [4.69, 9.17) is 16.6 Å². The molecule has 0 radical (unpaired) electrons. The van der Waals surface area contributed by atoms with Crippen molar-refractivity contribution >= 4 is 54.0 Å². The molecule has 0 saturated carbocycles. The number of nitrogens with one attached hydrogen (secondary N) is 3. The van der Waals surface area contributed by atoms with E-state index in [0.29, 0.717) is 12.2 Å². The van der Waals surface area contributed by atoms with Crippen LogP contribution in [-0.2, 0) is 24.0 Å². The molecule has 0 spiro atoms. The lowest BCUT2D eigenvalue weighted by molar-refractivity contribution is -0.141. The average Bonchev–Trinajstić information content (AvgIpc) is 2.62. The van der Waals surface area contributed by atoms with Crippen molar-refractivity contribution in [1.29, 1.82) is 0 Å². The second-order valence-corrected chi connectivity index (χ2v) is 7.28. The van der Waals surface area contributed by atoms with Crippen molar-refractivity contribution in [3.63, 3.8) is 0 Å². The van der Waals surface area contributed by atoms with Gasteiger partial charge in [0.25, 0.3) is 0 Å². The van der Waals surface area contributed by atoms with E-state index in [1.165, 1.54) is 18.7 Å². The van der Waals surface area contributed by atoms with Crippen LogP contribution >= 0.6 is 24.4 Å². The maximum atomic E-state index is 12.4. The maximum Gasteiger partial charge on any atom is 0.327 e. The Morgan fingerprint density at radius 2 is 1.61 bits per heavy atom. The smallest absolute Gasteiger partial charge is 0.327 e. The molecule has 0 bridgehead atoms. The van der Waals surface area contributed by atoms with Crippen molar-refractivity contribution in [3.8, 4) is 0 Å². The normalized spacial score (nSPS) is 14.9. The molecule has 0 heterocycles. The summed E-state index contributed by atoms with van der Waals surface area (Å²) in [6, 6.07) is -4.55. The quantitative estimate of drug-likeness (QED) is 0.153. The van der Waals surface area contributed by atoms with Crippen LogP contribution in [0.2, 0.25) is 0 Å². The summed E-state index contributed by atoms with van der Waals surface area (Å²) in [6.45, 7) is 1.32. The fraction of sp³-hybridized carbons (Fsp3) is 0.667. The van der Waals surface area contributed by atoms with E-state index in [2.05, 4.69) is 28.6 Å². The third kappa shape index (κ3) is 9.80. The molecule has 28 heavy (non-hydrogen) atoms. The number of hydrogen-bond acceptors (Lipinski definition) is 8. The van der Waals surface area contributed by atoms with Crippen molar-refractivity contribution in [3.05, 3.63) is 0 Å². The molecule has 4 atom stereocenters. The third-order valence-corrected chi connectivity index (χ3v) is 4.57. The summed E-state index contributed by atoms with van der Waals surface area (Å²) in [7, 11) is 0. The van der Waals surface area contributed by atoms with E-state index < -0.39 is 60.2 Å². The number of hydrogen-bond donors (Lipinski definition) is 7. The SMILES string of the molecule is CSCCC(N)C(=O)NC(CC(N)=O)C(=O)NC(C)C(=O)NC(CS)C(=O)O. The highest BCUT2D eigenvalue weighted by molar-refractivity contribution is 7.98. The molecule has 0 aliphatic carbocycles. The Bertz CT molecular complexity index is 591. The van der Waals surface area contributed by atoms with Gasteiger partial charge in [-0.2, -0.15) is 24.4 Å². The summed E-state index contributed by atoms with van der Waals surface area (Å²) in [5.74, 6) is -3.85. The minimum atomic E-state index is -1.32. The third-order valence-electron chi connectivity index (χ3n) is 3.56. The van der Waals surface area contributed by atoms with Gasteiger partial charge in [-0.15, -0.1) is 0 Å². The lowest BCUT2D eigenvalue weighted by atomic mass is 10.1. The maximum absolute atomic E-state index is 12.4. The van der Waals surface area contributed by atoms with E-state index in [1.807, 2.05) is 6.26 Å². The first kappa shape index (κ1) is 26.0. The first-order valence-electron chi connectivity index (χ1n) is 8.31. The minimum absolute atomic E-state index is 0.143. The number of thiol groups is 1. The summed E-state index contributed by atoms with van der Waals surface area (Å²) < 4.78 is 0. The Morgan fingerprint density at radius 1 is 1.04 bits per heavy atom. The number of aliphatic carboxylic acids is 1. The fourth-order valence-electron chi connectivity index (χ4n) is 1.93. The predicted molar refractivity (Wildman–Crippen MR) is 108 cm³/mol. The Kier molecular flexibility index (Phi) is 12.3. The summed E-state index contributed by atoms with van der Waals surface area (Å²) >= 11 is 5.32. The number of rotatable bonds is 13. The molecule has 4 unspecified atom stereocenters. The fourth-order valence-corrected chi connectivity index (χ4v) is 2.66. The van der Waals surface area contributed by atoms with Gasteiger partial charge < -0.3 is 32.5 Å². The molecule has 11 nitrogen and oxygen atoms in total. The number of thioether (sulfide) groups is 1. The molecule has 0 aliphatic rings. The van der Waals surface area contributed by atoms with Gasteiger partial charge in [0, 0.05) is 5.75 Å². The van der Waals surface area contributed by atoms with Gasteiger partial charge in [0.05, 0.1) is 12.5 Å². The number of primary amides is 1. The Hall–Kier alpha value is -1.99. The van der Waals surface area contributed by atoms with Gasteiger partial charge in [-0.3, -0.25) is 19.2 Å². The molecule has 0 aromatic rings. The molecule has 0 aromatic carbocycles. The van der Waals surface area contributed by atoms with Gasteiger partial charge in [-0.1, -0.05) is 0 Å². The molecule has 0 saturated heterocycles. The summed E-state index contributed by atoms with van der Waals surface area (Å²) in [5.41, 5.74) is 10.8. The second-order valence-electron chi connectivity index (χ2n) is 5.93. The topological polar surface area (TPSA) is 194 Å². The number of nitrogens with two attached hydrogens (primary N) is 2. The highest BCUT2D eigenvalue weighted by Gasteiger charge is 2.28. The largest absolute Gasteiger partial charge is 0.480 e. The molecule has 160 valence electrons. The van der Waals surface area contributed by atoms with Crippen LogP contribution in [-0.4, -0.2) is 76.6 Å². The standard InChI is InChI=1S/C15H27N5O6S2/c1-7(12(22)20-10(6-27)15(25)26)18-14(24)9(5-11(17)21)19-13(23)8(16)3-4-28-2/h7-10,27H,3-6,16H2,1-2H3,(H2,17,21)(H,18,24)(H,19,23)(H,20,22)(H,25,26). The molecule has 13 heteroatoms. The van der Waals surface area contributed by atoms with Crippen LogP contribution in [0.4, 0.5) is 0 Å². The van der Waals surface area contributed by atoms with E-state index in [1.54, 1.807) is 0 Å². The van der Waals surface area contributed by atoms with Gasteiger partial charge in [0.15, 0.2) is 0 Å². The minimum Gasteiger partial charge on any atom is -0.480 e. The van der Waals surface area contributed by atoms with Crippen molar-refractivity contribution in [2.75, 3.05) is 17.8 Å². The average molecular weight is 438 g/mol. The van der Waals surface area contributed by atoms with Crippen LogP contribution < -0.4 is 27.4 Å². The van der Waals surface area contributed by atoms with E-state index >= 15 is 0 Å². The Morgan fingerprint density at radius 3 is 2.07 bits per heavy atom. The number of carbonyl (C=O) groups excluding carboxylic acids is 4. The van der Waals surface area contributed by atoms with Crippen molar-refractivity contribution in [1.82, 2.24) is 16.0 Å². The van der Waals surface area contributed by atoms with Crippen molar-refractivity contribution in [2.24, 2.45) is 11.5 Å². The highest BCUT2D eigenvalue weighted by Crippen LogP contribution is 2.01. The van der Waals surface area contributed by atoms with Gasteiger partial charge in [-0.25, -0.2) is 4.79 Å². The van der Waals surface area contributed by atoms with Crippen molar-refractivity contribution < 1.29 is 29.1 Å². The van der Waals surface area contributed by atoms with Crippen LogP contribution in [0.15, 0.2) is 0 Å². The molecule has 8 N–H and O–H groups in total. The van der Waals surface area contributed by atoms with E-state index in [0.717, 1.165) is 0 Å². The van der Waals surface area contributed by atoms with Gasteiger partial charge in [0.2, 0.25) is 23.6 Å². The van der Waals surface area contributed by atoms with Gasteiger partial charge in [0.1, 0.15) is 18.1 Å². The van der Waals surface area contributed by atoms with Crippen LogP contribution in [0.3, 0.4) is 0 Å². The van der Waals surface area contributed by atoms with Crippen LogP contribution in [0.1, 0.15) is 19.8 Å². The first-order valence-corrected chi connectivity index (χ1v) is 10.3. The Labute approximate surface area is 172 Å². The molecule has 0 fully saturated rings. The Balaban J connectivity index is 4.96. The second kappa shape index (κ2) is 13.2. The summed E-state index contributed by atoms with van der Waals surface area (Å²) in [6.07, 6.45) is 1.73. The summed E-state index contributed by atoms with van der Waals surface area (Å²) in [4.78, 5) is 58.6.